The van der Waals surface area contributed by atoms with E-state index in [9.17, 15) is 4.79 Å². The summed E-state index contributed by atoms with van der Waals surface area (Å²) in [6, 6.07) is 5.65. The molecule has 0 fully saturated rings. The molecule has 3 rings (SSSR count). The minimum absolute atomic E-state index is 0.0890. The number of amides is 1. The van der Waals surface area contributed by atoms with E-state index in [1.807, 2.05) is 18.2 Å². The summed E-state index contributed by atoms with van der Waals surface area (Å²) in [6.07, 6.45) is 3.75. The lowest BCUT2D eigenvalue weighted by Crippen LogP contribution is -2.32. The molecule has 1 aromatic carbocycles. The smallest absolute Gasteiger partial charge is 0.274 e. The van der Waals surface area contributed by atoms with E-state index >= 15 is 0 Å². The molecule has 2 aromatic rings. The van der Waals surface area contributed by atoms with E-state index in [0.29, 0.717) is 5.02 Å². The Morgan fingerprint density at radius 3 is 3.00 bits per heavy atom. The summed E-state index contributed by atoms with van der Waals surface area (Å²) in [7, 11) is 0. The predicted molar refractivity (Wildman–Crippen MR) is 83.4 cm³/mol. The second kappa shape index (κ2) is 5.91. The van der Waals surface area contributed by atoms with Crippen molar-refractivity contribution in [2.45, 2.75) is 17.4 Å². The first kappa shape index (κ1) is 14.2. The van der Waals surface area contributed by atoms with Gasteiger partial charge in [0.2, 0.25) is 0 Å². The van der Waals surface area contributed by atoms with Crippen LogP contribution in [0.2, 0.25) is 5.02 Å². The largest absolute Gasteiger partial charge is 0.382 e. The van der Waals surface area contributed by atoms with E-state index in [1.54, 1.807) is 11.8 Å². The van der Waals surface area contributed by atoms with Gasteiger partial charge < -0.3 is 11.1 Å². The fraction of sp³-hybridized carbons (Fsp3) is 0.214. The summed E-state index contributed by atoms with van der Waals surface area (Å²) in [4.78, 5) is 21.3. The van der Waals surface area contributed by atoms with Crippen LogP contribution in [0.15, 0.2) is 35.5 Å². The number of benzene rings is 1. The molecule has 108 valence electrons. The fourth-order valence-electron chi connectivity index (χ4n) is 2.27. The van der Waals surface area contributed by atoms with Gasteiger partial charge in [-0.3, -0.25) is 4.79 Å². The number of nitrogens with one attached hydrogen (secondary N) is 1. The molecule has 1 aromatic heterocycles. The first-order chi connectivity index (χ1) is 10.1. The van der Waals surface area contributed by atoms with Gasteiger partial charge in [0.15, 0.2) is 11.5 Å². The maximum Gasteiger partial charge on any atom is 0.274 e. The SMILES string of the molecule is Nc1nccnc1C(=O)NC1CCSc2ccc(Cl)cc21. The topological polar surface area (TPSA) is 80.9 Å². The normalized spacial score (nSPS) is 17.1. The summed E-state index contributed by atoms with van der Waals surface area (Å²) in [5.74, 6) is 0.755. The lowest BCUT2D eigenvalue weighted by Gasteiger charge is -2.26. The highest BCUT2D eigenvalue weighted by atomic mass is 35.5. The maximum absolute atomic E-state index is 12.3. The predicted octanol–water partition coefficient (Wildman–Crippen LogP) is 2.68. The van der Waals surface area contributed by atoms with E-state index in [-0.39, 0.29) is 23.5 Å². The van der Waals surface area contributed by atoms with Crippen molar-refractivity contribution in [2.75, 3.05) is 11.5 Å². The van der Waals surface area contributed by atoms with Crippen LogP contribution in [0.1, 0.15) is 28.5 Å². The van der Waals surface area contributed by atoms with Gasteiger partial charge in [-0.1, -0.05) is 11.6 Å². The summed E-state index contributed by atoms with van der Waals surface area (Å²) < 4.78 is 0. The van der Waals surface area contributed by atoms with Gasteiger partial charge in [0.25, 0.3) is 5.91 Å². The van der Waals surface area contributed by atoms with Crippen molar-refractivity contribution in [1.82, 2.24) is 15.3 Å². The second-order valence-corrected chi connectivity index (χ2v) is 6.21. The van der Waals surface area contributed by atoms with E-state index < -0.39 is 0 Å². The standard InChI is InChI=1S/C14H13ClN4OS/c15-8-1-2-11-9(7-8)10(3-6-21-11)19-14(20)12-13(16)18-5-4-17-12/h1-2,4-5,7,10H,3,6H2,(H2,16,18)(H,19,20). The van der Waals surface area contributed by atoms with Crippen molar-refractivity contribution >= 4 is 35.1 Å². The molecular weight excluding hydrogens is 308 g/mol. The van der Waals surface area contributed by atoms with E-state index in [1.165, 1.54) is 12.4 Å². The zero-order valence-electron chi connectivity index (χ0n) is 11.0. The number of aromatic nitrogens is 2. The highest BCUT2D eigenvalue weighted by molar-refractivity contribution is 7.99. The molecule has 0 aliphatic carbocycles. The van der Waals surface area contributed by atoms with E-state index in [0.717, 1.165) is 22.6 Å². The number of anilines is 1. The number of thioether (sulfide) groups is 1. The van der Waals surface area contributed by atoms with Gasteiger partial charge in [0.05, 0.1) is 6.04 Å². The Morgan fingerprint density at radius 2 is 2.19 bits per heavy atom. The van der Waals surface area contributed by atoms with Gasteiger partial charge in [-0.15, -0.1) is 11.8 Å². The van der Waals surface area contributed by atoms with E-state index in [2.05, 4.69) is 15.3 Å². The zero-order chi connectivity index (χ0) is 14.8. The fourth-order valence-corrected chi connectivity index (χ4v) is 3.55. The Hall–Kier alpha value is -1.79. The molecule has 2 heterocycles. The van der Waals surface area contributed by atoms with Crippen molar-refractivity contribution < 1.29 is 4.79 Å². The average molecular weight is 321 g/mol. The van der Waals surface area contributed by atoms with Crippen molar-refractivity contribution in [2.24, 2.45) is 0 Å². The summed E-state index contributed by atoms with van der Waals surface area (Å²) in [5, 5.41) is 3.63. The van der Waals surface area contributed by atoms with Crippen LogP contribution in [0, 0.1) is 0 Å². The van der Waals surface area contributed by atoms with Crippen LogP contribution >= 0.6 is 23.4 Å². The van der Waals surface area contributed by atoms with Crippen LogP contribution in [0.3, 0.4) is 0 Å². The van der Waals surface area contributed by atoms with E-state index in [4.69, 9.17) is 17.3 Å². The third kappa shape index (κ3) is 2.96. The van der Waals surface area contributed by atoms with Crippen LogP contribution in [-0.2, 0) is 0 Å². The number of nitrogen functional groups attached to an aromatic ring is 1. The molecule has 0 spiro atoms. The monoisotopic (exact) mass is 320 g/mol. The Kier molecular flexibility index (Phi) is 3.98. The van der Waals surface area contributed by atoms with Crippen LogP contribution in [0.4, 0.5) is 5.82 Å². The molecule has 1 aliphatic rings. The lowest BCUT2D eigenvalue weighted by molar-refractivity contribution is 0.0930. The molecular formula is C14H13ClN4OS. The Morgan fingerprint density at radius 1 is 1.38 bits per heavy atom. The zero-order valence-corrected chi connectivity index (χ0v) is 12.6. The molecule has 0 bridgehead atoms. The van der Waals surface area contributed by atoms with Gasteiger partial charge in [-0.25, -0.2) is 9.97 Å². The highest BCUT2D eigenvalue weighted by Crippen LogP contribution is 2.37. The third-order valence-electron chi connectivity index (χ3n) is 3.26. The molecule has 1 atom stereocenters. The van der Waals surface area contributed by atoms with Gasteiger partial charge in [-0.05, 0) is 30.2 Å². The number of carbonyl (C=O) groups excluding carboxylic acids is 1. The Bertz CT molecular complexity index is 694. The van der Waals surface area contributed by atoms with Gasteiger partial charge >= 0.3 is 0 Å². The number of nitrogens with two attached hydrogens (primary N) is 1. The molecule has 3 N–H and O–H groups in total. The number of hydrogen-bond donors (Lipinski definition) is 2. The maximum atomic E-state index is 12.3. The minimum Gasteiger partial charge on any atom is -0.382 e. The van der Waals surface area contributed by atoms with Gasteiger partial charge in [0.1, 0.15) is 0 Å². The van der Waals surface area contributed by atoms with Gasteiger partial charge in [-0.2, -0.15) is 0 Å². The average Bonchev–Trinajstić information content (AvgIpc) is 2.48. The van der Waals surface area contributed by atoms with Crippen molar-refractivity contribution in [3.05, 3.63) is 46.9 Å². The van der Waals surface area contributed by atoms with Crippen LogP contribution in [0.5, 0.6) is 0 Å². The number of carbonyl (C=O) groups is 1. The first-order valence-corrected chi connectivity index (χ1v) is 7.81. The molecule has 7 heteroatoms. The first-order valence-electron chi connectivity index (χ1n) is 6.45. The molecule has 1 amide bonds. The minimum atomic E-state index is -0.316. The molecule has 21 heavy (non-hydrogen) atoms. The van der Waals surface area contributed by atoms with Crippen molar-refractivity contribution in [3.8, 4) is 0 Å². The number of rotatable bonds is 2. The molecule has 0 radical (unpaired) electrons. The number of hydrogen-bond acceptors (Lipinski definition) is 5. The Labute approximate surface area is 131 Å². The summed E-state index contributed by atoms with van der Waals surface area (Å²) in [6.45, 7) is 0. The highest BCUT2D eigenvalue weighted by Gasteiger charge is 2.24. The van der Waals surface area contributed by atoms with Crippen LogP contribution < -0.4 is 11.1 Å². The van der Waals surface area contributed by atoms with Crippen molar-refractivity contribution in [1.29, 1.82) is 0 Å². The third-order valence-corrected chi connectivity index (χ3v) is 4.62. The number of fused-ring (bicyclic) bond motifs is 1. The lowest BCUT2D eigenvalue weighted by atomic mass is 10.0. The molecule has 0 saturated carbocycles. The molecule has 5 nitrogen and oxygen atoms in total. The molecule has 1 unspecified atom stereocenters. The summed E-state index contributed by atoms with van der Waals surface area (Å²) in [5.41, 5.74) is 6.87. The van der Waals surface area contributed by atoms with Gasteiger partial charge in [0, 0.05) is 28.1 Å². The van der Waals surface area contributed by atoms with Crippen molar-refractivity contribution in [3.63, 3.8) is 0 Å². The summed E-state index contributed by atoms with van der Waals surface area (Å²) >= 11 is 7.82. The molecule has 1 aliphatic heterocycles. The van der Waals surface area contributed by atoms with Crippen LogP contribution in [-0.4, -0.2) is 21.6 Å². The number of halogens is 1. The second-order valence-electron chi connectivity index (χ2n) is 4.64. The Balaban J connectivity index is 1.85. The quantitative estimate of drug-likeness (QED) is 0.889. The molecule has 0 saturated heterocycles. The van der Waals surface area contributed by atoms with Crippen LogP contribution in [0.25, 0.3) is 0 Å². The number of nitrogens with zero attached hydrogens (tertiary/aromatic N) is 2.